The molecule has 0 amide bonds. The summed E-state index contributed by atoms with van der Waals surface area (Å²) in [5.74, 6) is 0. The largest absolute Gasteiger partial charge is 0.362 e. The molecule has 1 aromatic rings. The van der Waals surface area contributed by atoms with Crippen LogP contribution in [-0.2, 0) is 14.8 Å². The van der Waals surface area contributed by atoms with Crippen molar-refractivity contribution in [3.8, 4) is 0 Å². The second kappa shape index (κ2) is 8.55. The number of ether oxygens (including phenoxy) is 1. The fourth-order valence-corrected chi connectivity index (χ4v) is 4.36. The third-order valence-corrected chi connectivity index (χ3v) is 6.02. The number of rotatable bonds is 8. The van der Waals surface area contributed by atoms with Crippen molar-refractivity contribution in [3.63, 3.8) is 0 Å². The molecule has 2 rings (SSSR count). The number of benzene rings is 1. The highest BCUT2D eigenvalue weighted by atomic mass is 32.2. The normalized spacial score (nSPS) is 19.3. The molecule has 7 nitrogen and oxygen atoms in total. The number of nitro groups is 1. The number of hydrogen-bond donors (Lipinski definition) is 0. The molecule has 0 N–H and O–H groups in total. The van der Waals surface area contributed by atoms with Gasteiger partial charge >= 0.3 is 0 Å². The Morgan fingerprint density at radius 2 is 1.96 bits per heavy atom. The Labute approximate surface area is 142 Å². The predicted octanol–water partition coefficient (Wildman–Crippen LogP) is 3.30. The van der Waals surface area contributed by atoms with E-state index in [4.69, 9.17) is 4.74 Å². The summed E-state index contributed by atoms with van der Waals surface area (Å²) in [5, 5.41) is 10.7. The van der Waals surface area contributed by atoms with Crippen LogP contribution in [0.2, 0.25) is 0 Å². The van der Waals surface area contributed by atoms with E-state index in [0.717, 1.165) is 32.1 Å². The van der Waals surface area contributed by atoms with E-state index < -0.39 is 21.2 Å². The Morgan fingerprint density at radius 3 is 2.58 bits per heavy atom. The molecule has 1 unspecified atom stereocenters. The minimum atomic E-state index is -3.71. The summed E-state index contributed by atoms with van der Waals surface area (Å²) in [7, 11) is -3.71. The summed E-state index contributed by atoms with van der Waals surface area (Å²) in [6.45, 7) is 3.06. The van der Waals surface area contributed by atoms with Crippen molar-refractivity contribution in [3.05, 3.63) is 34.4 Å². The van der Waals surface area contributed by atoms with Crippen molar-refractivity contribution in [2.75, 3.05) is 13.2 Å². The molecule has 1 saturated heterocycles. The molecule has 1 fully saturated rings. The van der Waals surface area contributed by atoms with Gasteiger partial charge in [-0.15, -0.1) is 0 Å². The number of unbranched alkanes of at least 4 members (excludes halogenated alkanes) is 2. The molecule has 1 aliphatic heterocycles. The van der Waals surface area contributed by atoms with Gasteiger partial charge in [-0.2, -0.15) is 4.31 Å². The van der Waals surface area contributed by atoms with Crippen LogP contribution in [0.3, 0.4) is 0 Å². The van der Waals surface area contributed by atoms with Crippen molar-refractivity contribution in [1.82, 2.24) is 4.31 Å². The van der Waals surface area contributed by atoms with Gasteiger partial charge < -0.3 is 4.74 Å². The first kappa shape index (κ1) is 18.8. The van der Waals surface area contributed by atoms with Gasteiger partial charge in [-0.25, -0.2) is 8.42 Å². The van der Waals surface area contributed by atoms with Crippen LogP contribution < -0.4 is 0 Å². The van der Waals surface area contributed by atoms with Gasteiger partial charge in [0, 0.05) is 25.3 Å². The van der Waals surface area contributed by atoms with Crippen molar-refractivity contribution in [2.45, 2.75) is 56.6 Å². The van der Waals surface area contributed by atoms with Crippen molar-refractivity contribution < 1.29 is 18.1 Å². The van der Waals surface area contributed by atoms with E-state index in [1.807, 2.05) is 0 Å². The number of nitro benzene ring substituents is 1. The minimum absolute atomic E-state index is 0.0668. The summed E-state index contributed by atoms with van der Waals surface area (Å²) < 4.78 is 32.9. The minimum Gasteiger partial charge on any atom is -0.362 e. The number of piperidine rings is 1. The summed E-state index contributed by atoms with van der Waals surface area (Å²) in [5.41, 5.74) is -0.125. The summed E-state index contributed by atoms with van der Waals surface area (Å²) >= 11 is 0. The lowest BCUT2D eigenvalue weighted by Crippen LogP contribution is -2.45. The molecule has 8 heteroatoms. The highest BCUT2D eigenvalue weighted by molar-refractivity contribution is 7.89. The Balaban J connectivity index is 2.13. The first-order chi connectivity index (χ1) is 11.5. The van der Waals surface area contributed by atoms with Crippen molar-refractivity contribution >= 4 is 15.7 Å². The highest BCUT2D eigenvalue weighted by Gasteiger charge is 2.34. The van der Waals surface area contributed by atoms with Crippen LogP contribution in [0.1, 0.15) is 45.4 Å². The van der Waals surface area contributed by atoms with Crippen LogP contribution in [0.5, 0.6) is 0 Å². The maximum Gasteiger partial charge on any atom is 0.269 e. The van der Waals surface area contributed by atoms with E-state index in [0.29, 0.717) is 19.6 Å². The van der Waals surface area contributed by atoms with Gasteiger partial charge in [0.2, 0.25) is 10.0 Å². The quantitative estimate of drug-likeness (QED) is 0.405. The van der Waals surface area contributed by atoms with Gasteiger partial charge in [-0.05, 0) is 37.8 Å². The van der Waals surface area contributed by atoms with Crippen molar-refractivity contribution in [1.29, 1.82) is 0 Å². The maximum atomic E-state index is 12.8. The Morgan fingerprint density at radius 1 is 1.25 bits per heavy atom. The molecule has 1 heterocycles. The molecule has 1 aromatic carbocycles. The first-order valence-electron chi connectivity index (χ1n) is 8.34. The van der Waals surface area contributed by atoms with E-state index in [9.17, 15) is 18.5 Å². The number of sulfonamides is 1. The molecule has 0 radical (unpaired) electrons. The Kier molecular flexibility index (Phi) is 6.70. The highest BCUT2D eigenvalue weighted by Crippen LogP contribution is 2.27. The second-order valence-corrected chi connectivity index (χ2v) is 7.79. The molecule has 134 valence electrons. The number of hydrogen-bond acceptors (Lipinski definition) is 5. The van der Waals surface area contributed by atoms with Gasteiger partial charge in [-0.1, -0.05) is 19.8 Å². The predicted molar refractivity (Wildman–Crippen MR) is 90.1 cm³/mol. The van der Waals surface area contributed by atoms with Crippen LogP contribution in [0, 0.1) is 10.1 Å². The van der Waals surface area contributed by atoms with Crippen LogP contribution in [0.4, 0.5) is 5.69 Å². The summed E-state index contributed by atoms with van der Waals surface area (Å²) in [6, 6.07) is 5.01. The molecule has 0 bridgehead atoms. The Bertz CT molecular complexity index is 645. The van der Waals surface area contributed by atoms with E-state index in [1.165, 1.54) is 28.6 Å². The molecule has 0 spiro atoms. The molecular formula is C16H24N2O5S. The number of non-ortho nitro benzene ring substituents is 1. The molecule has 0 aliphatic carbocycles. The standard InChI is InChI=1S/C16H24N2O5S/c1-2-3-6-13-23-16-7-4-5-12-17(16)24(21,22)15-10-8-14(9-11-15)18(19)20/h8-11,16H,2-7,12-13H2,1H3. The van der Waals surface area contributed by atoms with Crippen LogP contribution in [-0.4, -0.2) is 37.0 Å². The van der Waals surface area contributed by atoms with Crippen LogP contribution in [0.15, 0.2) is 29.2 Å². The second-order valence-electron chi connectivity index (χ2n) is 5.90. The third kappa shape index (κ3) is 4.52. The van der Waals surface area contributed by atoms with E-state index >= 15 is 0 Å². The topological polar surface area (TPSA) is 89.8 Å². The smallest absolute Gasteiger partial charge is 0.269 e. The average Bonchev–Trinajstić information content (AvgIpc) is 2.59. The van der Waals surface area contributed by atoms with E-state index in [1.54, 1.807) is 0 Å². The van der Waals surface area contributed by atoms with Gasteiger partial charge in [0.25, 0.3) is 5.69 Å². The fraction of sp³-hybridized carbons (Fsp3) is 0.625. The third-order valence-electron chi connectivity index (χ3n) is 4.11. The summed E-state index contributed by atoms with van der Waals surface area (Å²) in [4.78, 5) is 10.2. The lowest BCUT2D eigenvalue weighted by Gasteiger charge is -2.34. The zero-order chi connectivity index (χ0) is 17.6. The van der Waals surface area contributed by atoms with Gasteiger partial charge in [0.15, 0.2) is 0 Å². The van der Waals surface area contributed by atoms with Crippen molar-refractivity contribution in [2.24, 2.45) is 0 Å². The van der Waals surface area contributed by atoms with Crippen LogP contribution in [0.25, 0.3) is 0 Å². The zero-order valence-electron chi connectivity index (χ0n) is 13.9. The van der Waals surface area contributed by atoms with Gasteiger partial charge in [0.05, 0.1) is 9.82 Å². The summed E-state index contributed by atoms with van der Waals surface area (Å²) in [6.07, 6.45) is 5.01. The lowest BCUT2D eigenvalue weighted by molar-refractivity contribution is -0.384. The van der Waals surface area contributed by atoms with Gasteiger partial charge in [0.1, 0.15) is 6.23 Å². The zero-order valence-corrected chi connectivity index (χ0v) is 14.7. The molecule has 0 aromatic heterocycles. The maximum absolute atomic E-state index is 12.8. The molecular weight excluding hydrogens is 332 g/mol. The molecule has 1 aliphatic rings. The lowest BCUT2D eigenvalue weighted by atomic mass is 10.1. The monoisotopic (exact) mass is 356 g/mol. The van der Waals surface area contributed by atoms with E-state index in [2.05, 4.69) is 6.92 Å². The Hall–Kier alpha value is -1.51. The van der Waals surface area contributed by atoms with Crippen LogP contribution >= 0.6 is 0 Å². The van der Waals surface area contributed by atoms with E-state index in [-0.39, 0.29) is 10.6 Å². The SMILES string of the molecule is CCCCCOC1CCCCN1S(=O)(=O)c1ccc([N+](=O)[O-])cc1. The molecule has 1 atom stereocenters. The first-order valence-corrected chi connectivity index (χ1v) is 9.78. The van der Waals surface area contributed by atoms with Gasteiger partial charge in [-0.3, -0.25) is 10.1 Å². The number of nitrogens with zero attached hydrogens (tertiary/aromatic N) is 2. The average molecular weight is 356 g/mol. The molecule has 24 heavy (non-hydrogen) atoms. The molecule has 0 saturated carbocycles. The fourth-order valence-electron chi connectivity index (χ4n) is 2.76.